The van der Waals surface area contributed by atoms with Crippen LogP contribution in [0.5, 0.6) is 0 Å². The van der Waals surface area contributed by atoms with Gasteiger partial charge in [0.15, 0.2) is 5.16 Å². The molecular weight excluding hydrogens is 454 g/mol. The van der Waals surface area contributed by atoms with E-state index in [0.717, 1.165) is 41.7 Å². The summed E-state index contributed by atoms with van der Waals surface area (Å²) < 4.78 is 50.8. The number of benzene rings is 2. The Labute approximate surface area is 190 Å². The zero-order valence-electron chi connectivity index (χ0n) is 17.4. The number of hydrogen-bond acceptors (Lipinski definition) is 6. The summed E-state index contributed by atoms with van der Waals surface area (Å²) in [4.78, 5) is 2.00. The number of aromatic nitrogens is 3. The minimum atomic E-state index is -4.58. The van der Waals surface area contributed by atoms with Crippen LogP contribution < -0.4 is 0 Å². The van der Waals surface area contributed by atoms with Gasteiger partial charge in [-0.05, 0) is 49.2 Å². The molecular formula is C22H24F2N4O2S2. The number of thioether (sulfide) groups is 1. The highest BCUT2D eigenvalue weighted by atomic mass is 32.2. The quantitative estimate of drug-likeness (QED) is 0.429. The average Bonchev–Trinajstić information content (AvgIpc) is 3.44. The Hall–Kier alpha value is -2.30. The first kappa shape index (κ1) is 22.9. The smallest absolute Gasteiger partial charge is 0.300 e. The Balaban J connectivity index is 1.50. The Morgan fingerprint density at radius 1 is 0.906 bits per heavy atom. The molecule has 0 saturated carbocycles. The van der Waals surface area contributed by atoms with Crippen molar-refractivity contribution in [3.63, 3.8) is 0 Å². The zero-order chi connectivity index (χ0) is 22.6. The van der Waals surface area contributed by atoms with E-state index in [9.17, 15) is 17.2 Å². The van der Waals surface area contributed by atoms with E-state index < -0.39 is 15.6 Å². The number of likely N-dealkylation sites (tertiary alicyclic amines) is 1. The summed E-state index contributed by atoms with van der Waals surface area (Å²) in [5.41, 5.74) is 1.97. The van der Waals surface area contributed by atoms with Gasteiger partial charge in [-0.25, -0.2) is 8.42 Å². The fourth-order valence-corrected chi connectivity index (χ4v) is 5.27. The number of rotatable bonds is 9. The van der Waals surface area contributed by atoms with Crippen LogP contribution in [-0.4, -0.2) is 46.9 Å². The molecule has 1 aliphatic rings. The van der Waals surface area contributed by atoms with E-state index in [-0.39, 0.29) is 4.90 Å². The van der Waals surface area contributed by atoms with Crippen molar-refractivity contribution >= 4 is 21.6 Å². The molecule has 1 aromatic heterocycles. The van der Waals surface area contributed by atoms with Crippen LogP contribution >= 0.6 is 11.8 Å². The molecule has 0 radical (unpaired) electrons. The maximum absolute atomic E-state index is 12.7. The zero-order valence-corrected chi connectivity index (χ0v) is 19.0. The first-order valence-electron chi connectivity index (χ1n) is 10.4. The van der Waals surface area contributed by atoms with Crippen molar-refractivity contribution in [3.05, 3.63) is 71.5 Å². The molecule has 4 rings (SSSR count). The third-order valence-corrected chi connectivity index (χ3v) is 7.83. The molecule has 1 saturated heterocycles. The normalized spacial score (nSPS) is 15.0. The average molecular weight is 479 g/mol. The van der Waals surface area contributed by atoms with Crippen molar-refractivity contribution < 1.29 is 17.2 Å². The lowest BCUT2D eigenvalue weighted by Gasteiger charge is -2.16. The van der Waals surface area contributed by atoms with E-state index in [4.69, 9.17) is 0 Å². The number of hydrogen-bond donors (Lipinski definition) is 0. The second-order valence-corrected chi connectivity index (χ2v) is 10.6. The standard InChI is InChI=1S/C22H24F2N4O2S2/c23-21(24)32(29,30)19-10-8-18(9-11-19)16-31-22-26-25-20(15-27-12-4-5-13-27)28(22)14-17-6-2-1-3-7-17/h1-3,6-11,21H,4-5,12-16H2. The SMILES string of the molecule is O=S(=O)(c1ccc(CSc2nnc(CN3CCCC3)n2Cc2ccccc2)cc1)C(F)F. The predicted octanol–water partition coefficient (Wildman–Crippen LogP) is 4.21. The molecule has 0 N–H and O–H groups in total. The number of sulfone groups is 1. The fourth-order valence-electron chi connectivity index (χ4n) is 3.63. The van der Waals surface area contributed by atoms with Gasteiger partial charge in [-0.3, -0.25) is 4.90 Å². The van der Waals surface area contributed by atoms with Crippen LogP contribution in [0.15, 0.2) is 64.6 Å². The van der Waals surface area contributed by atoms with E-state index >= 15 is 0 Å². The highest BCUT2D eigenvalue weighted by molar-refractivity contribution is 7.98. The molecule has 0 unspecified atom stereocenters. The third-order valence-electron chi connectivity index (χ3n) is 5.40. The monoisotopic (exact) mass is 478 g/mol. The summed E-state index contributed by atoms with van der Waals surface area (Å²) in [5, 5.41) is 9.62. The molecule has 1 fully saturated rings. The molecule has 0 aliphatic carbocycles. The third kappa shape index (κ3) is 5.36. The molecule has 6 nitrogen and oxygen atoms in total. The minimum absolute atomic E-state index is 0.374. The van der Waals surface area contributed by atoms with Crippen LogP contribution in [0.3, 0.4) is 0 Å². The Bertz CT molecular complexity index is 1130. The van der Waals surface area contributed by atoms with Crippen LogP contribution in [0.25, 0.3) is 0 Å². The molecule has 3 aromatic rings. The van der Waals surface area contributed by atoms with Crippen molar-refractivity contribution in [1.82, 2.24) is 19.7 Å². The van der Waals surface area contributed by atoms with Crippen molar-refractivity contribution in [2.75, 3.05) is 13.1 Å². The number of nitrogens with zero attached hydrogens (tertiary/aromatic N) is 4. The van der Waals surface area contributed by atoms with Crippen LogP contribution in [-0.2, 0) is 28.7 Å². The van der Waals surface area contributed by atoms with Gasteiger partial charge in [0.05, 0.1) is 18.0 Å². The topological polar surface area (TPSA) is 68.1 Å². The number of halogens is 2. The van der Waals surface area contributed by atoms with Gasteiger partial charge in [-0.1, -0.05) is 54.2 Å². The molecule has 0 atom stereocenters. The van der Waals surface area contributed by atoms with Crippen LogP contribution in [0.2, 0.25) is 0 Å². The summed E-state index contributed by atoms with van der Waals surface area (Å²) in [7, 11) is -4.58. The fraction of sp³-hybridized carbons (Fsp3) is 0.364. The molecule has 0 bridgehead atoms. The summed E-state index contributed by atoms with van der Waals surface area (Å²) in [6.45, 7) is 3.54. The van der Waals surface area contributed by atoms with Gasteiger partial charge < -0.3 is 4.57 Å². The molecule has 10 heteroatoms. The summed E-state index contributed by atoms with van der Waals surface area (Å²) in [6, 6.07) is 15.7. The van der Waals surface area contributed by atoms with Gasteiger partial charge in [0, 0.05) is 5.75 Å². The van der Waals surface area contributed by atoms with Gasteiger partial charge in [0.2, 0.25) is 9.84 Å². The maximum atomic E-state index is 12.7. The lowest BCUT2D eigenvalue weighted by molar-refractivity contribution is 0.234. The van der Waals surface area contributed by atoms with Crippen molar-refractivity contribution in [3.8, 4) is 0 Å². The molecule has 0 spiro atoms. The predicted molar refractivity (Wildman–Crippen MR) is 119 cm³/mol. The van der Waals surface area contributed by atoms with Gasteiger partial charge in [-0.15, -0.1) is 10.2 Å². The maximum Gasteiger partial charge on any atom is 0.341 e. The Kier molecular flexibility index (Phi) is 7.22. The Morgan fingerprint density at radius 3 is 2.25 bits per heavy atom. The van der Waals surface area contributed by atoms with Gasteiger partial charge in [-0.2, -0.15) is 8.78 Å². The van der Waals surface area contributed by atoms with E-state index in [2.05, 4.69) is 31.8 Å². The van der Waals surface area contributed by atoms with E-state index in [1.165, 1.54) is 36.7 Å². The van der Waals surface area contributed by atoms with Crippen molar-refractivity contribution in [2.24, 2.45) is 0 Å². The Morgan fingerprint density at radius 2 is 1.59 bits per heavy atom. The lowest BCUT2D eigenvalue weighted by atomic mass is 10.2. The first-order chi connectivity index (χ1) is 15.4. The molecule has 2 aromatic carbocycles. The van der Waals surface area contributed by atoms with E-state index in [0.29, 0.717) is 12.3 Å². The molecule has 170 valence electrons. The van der Waals surface area contributed by atoms with Gasteiger partial charge in [0.25, 0.3) is 0 Å². The van der Waals surface area contributed by atoms with Crippen LogP contribution in [0.4, 0.5) is 8.78 Å². The second kappa shape index (κ2) is 10.1. The van der Waals surface area contributed by atoms with Gasteiger partial charge in [0.1, 0.15) is 5.82 Å². The molecule has 32 heavy (non-hydrogen) atoms. The summed E-state index contributed by atoms with van der Waals surface area (Å²) >= 11 is 1.49. The number of alkyl halides is 2. The van der Waals surface area contributed by atoms with E-state index in [1.807, 2.05) is 18.2 Å². The largest absolute Gasteiger partial charge is 0.341 e. The highest BCUT2D eigenvalue weighted by Gasteiger charge is 2.26. The summed E-state index contributed by atoms with van der Waals surface area (Å²) in [5.74, 6) is -1.99. The summed E-state index contributed by atoms with van der Waals surface area (Å²) in [6.07, 6.45) is 2.40. The second-order valence-electron chi connectivity index (χ2n) is 7.69. The molecule has 1 aliphatic heterocycles. The minimum Gasteiger partial charge on any atom is -0.300 e. The lowest BCUT2D eigenvalue weighted by Crippen LogP contribution is -2.21. The van der Waals surface area contributed by atoms with Crippen molar-refractivity contribution in [1.29, 1.82) is 0 Å². The first-order valence-corrected chi connectivity index (χ1v) is 12.9. The molecule has 2 heterocycles. The highest BCUT2D eigenvalue weighted by Crippen LogP contribution is 2.26. The van der Waals surface area contributed by atoms with E-state index in [1.54, 1.807) is 12.1 Å². The van der Waals surface area contributed by atoms with Crippen LogP contribution in [0, 0.1) is 0 Å². The van der Waals surface area contributed by atoms with Gasteiger partial charge >= 0.3 is 5.76 Å². The van der Waals surface area contributed by atoms with Crippen LogP contribution in [0.1, 0.15) is 29.8 Å². The molecule has 0 amide bonds. The van der Waals surface area contributed by atoms with Crippen molar-refractivity contribution in [2.45, 2.75) is 47.5 Å².